The number of aromatic nitrogens is 1. The maximum absolute atomic E-state index is 13.6. The number of H-pyrrole nitrogens is 1. The van der Waals surface area contributed by atoms with E-state index in [1.165, 1.54) is 0 Å². The number of rotatable bonds is 5. The van der Waals surface area contributed by atoms with Crippen LogP contribution in [0.4, 0.5) is 0 Å². The summed E-state index contributed by atoms with van der Waals surface area (Å²) in [4.78, 5) is 30.6. The second-order valence-corrected chi connectivity index (χ2v) is 11.0. The molecule has 0 atom stereocenters. The van der Waals surface area contributed by atoms with Gasteiger partial charge in [0.05, 0.1) is 16.8 Å². The molecule has 1 heterocycles. The van der Waals surface area contributed by atoms with Gasteiger partial charge in [0.15, 0.2) is 0 Å². The Morgan fingerprint density at radius 3 is 1.86 bits per heavy atom. The molecule has 0 saturated carbocycles. The van der Waals surface area contributed by atoms with Crippen molar-refractivity contribution in [3.63, 3.8) is 0 Å². The van der Waals surface area contributed by atoms with E-state index in [0.29, 0.717) is 17.8 Å². The molecule has 0 bridgehead atoms. The lowest BCUT2D eigenvalue weighted by Gasteiger charge is -2.22. The summed E-state index contributed by atoms with van der Waals surface area (Å²) >= 11 is 0. The molecular formula is C31H33NO4. The third-order valence-corrected chi connectivity index (χ3v) is 5.55. The van der Waals surface area contributed by atoms with Crippen LogP contribution in [-0.4, -0.2) is 28.1 Å². The molecule has 0 radical (unpaired) electrons. The summed E-state index contributed by atoms with van der Waals surface area (Å²) in [7, 11) is 0. The van der Waals surface area contributed by atoms with E-state index in [1.807, 2.05) is 114 Å². The predicted octanol–water partition coefficient (Wildman–Crippen LogP) is 7.34. The first-order valence-corrected chi connectivity index (χ1v) is 12.2. The van der Waals surface area contributed by atoms with Gasteiger partial charge in [-0.2, -0.15) is 0 Å². The van der Waals surface area contributed by atoms with E-state index >= 15 is 0 Å². The number of benzene rings is 3. The van der Waals surface area contributed by atoms with Gasteiger partial charge in [0.1, 0.15) is 11.2 Å². The second-order valence-electron chi connectivity index (χ2n) is 11.0. The standard InChI is InChI=1S/C31H33NO4/c1-30(2,3)35-28(33)25-24(18-20-12-8-7-9-13-20)32-27(26(25)29(34)36-31(4,5)6)23-17-16-21-14-10-11-15-22(21)19-23/h7-17,19,32H,18H2,1-6H3. The van der Waals surface area contributed by atoms with Crippen molar-refractivity contribution in [3.8, 4) is 11.3 Å². The van der Waals surface area contributed by atoms with Gasteiger partial charge in [-0.3, -0.25) is 0 Å². The third kappa shape index (κ3) is 5.85. The molecule has 0 aliphatic carbocycles. The lowest BCUT2D eigenvalue weighted by Crippen LogP contribution is -2.28. The average molecular weight is 484 g/mol. The van der Waals surface area contributed by atoms with Gasteiger partial charge in [0, 0.05) is 12.1 Å². The van der Waals surface area contributed by atoms with Crippen LogP contribution in [0.2, 0.25) is 0 Å². The molecule has 0 unspecified atom stereocenters. The minimum Gasteiger partial charge on any atom is -0.456 e. The Balaban J connectivity index is 1.96. The first kappa shape index (κ1) is 25.2. The first-order chi connectivity index (χ1) is 16.9. The number of hydrogen-bond donors (Lipinski definition) is 1. The molecule has 4 aromatic rings. The number of carbonyl (C=O) groups is 2. The monoisotopic (exact) mass is 483 g/mol. The largest absolute Gasteiger partial charge is 0.456 e. The zero-order valence-electron chi connectivity index (χ0n) is 21.8. The van der Waals surface area contributed by atoms with E-state index < -0.39 is 23.1 Å². The van der Waals surface area contributed by atoms with Crippen molar-refractivity contribution < 1.29 is 19.1 Å². The van der Waals surface area contributed by atoms with Crippen molar-refractivity contribution >= 4 is 22.7 Å². The molecule has 0 spiro atoms. The highest BCUT2D eigenvalue weighted by atomic mass is 16.6. The molecule has 5 heteroatoms. The molecule has 0 amide bonds. The summed E-state index contributed by atoms with van der Waals surface area (Å²) in [5.74, 6) is -1.13. The van der Waals surface area contributed by atoms with Crippen molar-refractivity contribution in [2.45, 2.75) is 59.2 Å². The fourth-order valence-corrected chi connectivity index (χ4v) is 4.13. The summed E-state index contributed by atoms with van der Waals surface area (Å²) in [5.41, 5.74) is 1.89. The van der Waals surface area contributed by atoms with E-state index in [2.05, 4.69) is 4.98 Å². The van der Waals surface area contributed by atoms with Gasteiger partial charge in [0.25, 0.3) is 0 Å². The van der Waals surface area contributed by atoms with Crippen molar-refractivity contribution in [3.05, 3.63) is 95.2 Å². The van der Waals surface area contributed by atoms with Gasteiger partial charge < -0.3 is 14.5 Å². The smallest absolute Gasteiger partial charge is 0.341 e. The first-order valence-electron chi connectivity index (χ1n) is 12.2. The van der Waals surface area contributed by atoms with Crippen LogP contribution in [0.15, 0.2) is 72.8 Å². The number of ether oxygens (including phenoxy) is 2. The number of aromatic amines is 1. The molecule has 36 heavy (non-hydrogen) atoms. The Kier molecular flexibility index (Phi) is 6.77. The molecular weight excluding hydrogens is 450 g/mol. The zero-order chi connectivity index (χ0) is 26.1. The van der Waals surface area contributed by atoms with E-state index in [1.54, 1.807) is 0 Å². The summed E-state index contributed by atoms with van der Waals surface area (Å²) < 4.78 is 11.6. The number of hydrogen-bond acceptors (Lipinski definition) is 4. The summed E-state index contributed by atoms with van der Waals surface area (Å²) in [6.45, 7) is 10.9. The van der Waals surface area contributed by atoms with Crippen LogP contribution in [0.5, 0.6) is 0 Å². The minimum atomic E-state index is -0.736. The maximum Gasteiger partial charge on any atom is 0.341 e. The van der Waals surface area contributed by atoms with Crippen LogP contribution in [0.1, 0.15) is 73.5 Å². The zero-order valence-corrected chi connectivity index (χ0v) is 21.8. The van der Waals surface area contributed by atoms with Crippen molar-refractivity contribution in [1.82, 2.24) is 4.98 Å². The summed E-state index contributed by atoms with van der Waals surface area (Å²) in [6.07, 6.45) is 0.429. The average Bonchev–Trinajstić information content (AvgIpc) is 3.16. The number of carbonyl (C=O) groups excluding carboxylic acids is 2. The molecule has 0 aliphatic rings. The Morgan fingerprint density at radius 1 is 0.694 bits per heavy atom. The predicted molar refractivity (Wildman–Crippen MR) is 143 cm³/mol. The van der Waals surface area contributed by atoms with Crippen LogP contribution in [0.3, 0.4) is 0 Å². The van der Waals surface area contributed by atoms with Crippen molar-refractivity contribution in [2.75, 3.05) is 0 Å². The molecule has 0 fully saturated rings. The number of nitrogens with one attached hydrogen (secondary N) is 1. The van der Waals surface area contributed by atoms with E-state index in [0.717, 1.165) is 21.9 Å². The van der Waals surface area contributed by atoms with Gasteiger partial charge >= 0.3 is 11.9 Å². The lowest BCUT2D eigenvalue weighted by atomic mass is 9.99. The molecule has 186 valence electrons. The van der Waals surface area contributed by atoms with Crippen molar-refractivity contribution in [2.24, 2.45) is 0 Å². The molecule has 3 aromatic carbocycles. The highest BCUT2D eigenvalue weighted by Gasteiger charge is 2.34. The molecule has 1 N–H and O–H groups in total. The van der Waals surface area contributed by atoms with Crippen LogP contribution in [0, 0.1) is 0 Å². The quantitative estimate of drug-likeness (QED) is 0.302. The Bertz CT molecular complexity index is 1400. The van der Waals surface area contributed by atoms with Gasteiger partial charge in [-0.15, -0.1) is 0 Å². The number of fused-ring (bicyclic) bond motifs is 1. The van der Waals surface area contributed by atoms with Crippen LogP contribution in [0.25, 0.3) is 22.0 Å². The van der Waals surface area contributed by atoms with Gasteiger partial charge in [-0.25, -0.2) is 9.59 Å². The Morgan fingerprint density at radius 2 is 1.25 bits per heavy atom. The summed E-state index contributed by atoms with van der Waals surface area (Å²) in [5, 5.41) is 2.12. The summed E-state index contributed by atoms with van der Waals surface area (Å²) in [6, 6.07) is 23.8. The Hall–Kier alpha value is -3.86. The van der Waals surface area contributed by atoms with Crippen molar-refractivity contribution in [1.29, 1.82) is 0 Å². The van der Waals surface area contributed by atoms with E-state index in [-0.39, 0.29) is 11.1 Å². The fourth-order valence-electron chi connectivity index (χ4n) is 4.13. The lowest BCUT2D eigenvalue weighted by molar-refractivity contribution is 0.00198. The minimum absolute atomic E-state index is 0.195. The van der Waals surface area contributed by atoms with Gasteiger partial charge in [-0.05, 0) is 69.5 Å². The normalized spacial score (nSPS) is 11.9. The van der Waals surface area contributed by atoms with E-state index in [4.69, 9.17) is 9.47 Å². The number of esters is 2. The van der Waals surface area contributed by atoms with Crippen LogP contribution >= 0.6 is 0 Å². The highest BCUT2D eigenvalue weighted by molar-refractivity contribution is 6.09. The Labute approximate surface area is 212 Å². The SMILES string of the molecule is CC(C)(C)OC(=O)c1c(Cc2ccccc2)[nH]c(-c2ccc3ccccc3c2)c1C(=O)OC(C)(C)C. The highest BCUT2D eigenvalue weighted by Crippen LogP contribution is 2.34. The topological polar surface area (TPSA) is 68.4 Å². The van der Waals surface area contributed by atoms with Gasteiger partial charge in [-0.1, -0.05) is 66.7 Å². The molecule has 5 nitrogen and oxygen atoms in total. The molecule has 0 saturated heterocycles. The third-order valence-electron chi connectivity index (χ3n) is 5.55. The van der Waals surface area contributed by atoms with E-state index in [9.17, 15) is 9.59 Å². The van der Waals surface area contributed by atoms with Gasteiger partial charge in [0.2, 0.25) is 0 Å². The molecule has 4 rings (SSSR count). The molecule has 1 aromatic heterocycles. The second kappa shape index (κ2) is 9.65. The fraction of sp³-hybridized carbons (Fsp3) is 0.290. The van der Waals surface area contributed by atoms with Crippen LogP contribution in [-0.2, 0) is 15.9 Å². The maximum atomic E-state index is 13.6. The van der Waals surface area contributed by atoms with Crippen LogP contribution < -0.4 is 0 Å². The molecule has 0 aliphatic heterocycles.